The lowest BCUT2D eigenvalue weighted by Gasteiger charge is -2.25. The van der Waals surface area contributed by atoms with Gasteiger partial charge in [-0.05, 0) is 19.1 Å². The maximum atomic E-state index is 12.9. The van der Waals surface area contributed by atoms with Gasteiger partial charge in [0, 0.05) is 5.56 Å². The number of alkyl halides is 2. The Morgan fingerprint density at radius 3 is 2.33 bits per heavy atom. The Balaban J connectivity index is 3.14. The van der Waals surface area contributed by atoms with Crippen molar-refractivity contribution in [1.82, 2.24) is 0 Å². The number of hydrogen-bond donors (Lipinski definition) is 1. The van der Waals surface area contributed by atoms with E-state index in [4.69, 9.17) is 4.74 Å². The van der Waals surface area contributed by atoms with Crippen molar-refractivity contribution in [2.75, 3.05) is 13.7 Å². The number of benzene rings is 1. The molecule has 18 heavy (non-hydrogen) atoms. The molecule has 0 spiro atoms. The fourth-order valence-electron chi connectivity index (χ4n) is 1.42. The van der Waals surface area contributed by atoms with E-state index >= 15 is 0 Å². The van der Waals surface area contributed by atoms with Gasteiger partial charge in [-0.2, -0.15) is 0 Å². The monoisotopic (exact) mass is 260 g/mol. The number of esters is 1. The van der Waals surface area contributed by atoms with Crippen LogP contribution in [0.1, 0.15) is 12.5 Å². The van der Waals surface area contributed by atoms with E-state index in [0.29, 0.717) is 5.75 Å². The molecule has 1 unspecified atom stereocenters. The topological polar surface area (TPSA) is 55.8 Å². The third kappa shape index (κ3) is 2.59. The molecule has 0 heterocycles. The predicted octanol–water partition coefficient (Wildman–Crippen LogP) is 1.71. The van der Waals surface area contributed by atoms with Crippen LogP contribution in [0.2, 0.25) is 0 Å². The second kappa shape index (κ2) is 5.77. The van der Waals surface area contributed by atoms with Gasteiger partial charge in [-0.15, -0.1) is 0 Å². The van der Waals surface area contributed by atoms with Crippen LogP contribution >= 0.6 is 0 Å². The van der Waals surface area contributed by atoms with Gasteiger partial charge in [0.05, 0.1) is 13.7 Å². The molecule has 0 aliphatic heterocycles. The SMILES string of the molecule is CCOC(=O)C(O)(c1ccc(OC)cc1)C(F)F. The number of carbonyl (C=O) groups is 1. The molecule has 0 aromatic heterocycles. The van der Waals surface area contributed by atoms with Crippen LogP contribution in [0.4, 0.5) is 8.78 Å². The molecular formula is C12H14F2O4. The van der Waals surface area contributed by atoms with Crippen LogP contribution in [-0.2, 0) is 15.1 Å². The van der Waals surface area contributed by atoms with Crippen LogP contribution in [0.25, 0.3) is 0 Å². The summed E-state index contributed by atoms with van der Waals surface area (Å²) in [6.45, 7) is 1.38. The van der Waals surface area contributed by atoms with E-state index in [9.17, 15) is 18.7 Å². The summed E-state index contributed by atoms with van der Waals surface area (Å²) < 4.78 is 35.2. The van der Waals surface area contributed by atoms with Crippen LogP contribution in [0.15, 0.2) is 24.3 Å². The van der Waals surface area contributed by atoms with Gasteiger partial charge in [-0.1, -0.05) is 12.1 Å². The summed E-state index contributed by atoms with van der Waals surface area (Å²) in [5.41, 5.74) is -3.20. The summed E-state index contributed by atoms with van der Waals surface area (Å²) in [7, 11) is 1.42. The number of ether oxygens (including phenoxy) is 2. The molecule has 0 radical (unpaired) electrons. The second-order valence-corrected chi connectivity index (χ2v) is 3.52. The van der Waals surface area contributed by atoms with Crippen molar-refractivity contribution in [1.29, 1.82) is 0 Å². The van der Waals surface area contributed by atoms with Crippen molar-refractivity contribution in [3.8, 4) is 5.75 Å². The molecule has 6 heteroatoms. The van der Waals surface area contributed by atoms with Crippen LogP contribution in [-0.4, -0.2) is 31.2 Å². The van der Waals surface area contributed by atoms with Crippen molar-refractivity contribution in [2.24, 2.45) is 0 Å². The molecule has 1 N–H and O–H groups in total. The van der Waals surface area contributed by atoms with Gasteiger partial charge in [0.25, 0.3) is 6.43 Å². The molecule has 4 nitrogen and oxygen atoms in total. The van der Waals surface area contributed by atoms with E-state index in [-0.39, 0.29) is 12.2 Å². The Labute approximate surface area is 103 Å². The summed E-state index contributed by atoms with van der Waals surface area (Å²) in [5, 5.41) is 9.86. The lowest BCUT2D eigenvalue weighted by molar-refractivity contribution is -0.185. The molecule has 100 valence electrons. The van der Waals surface area contributed by atoms with Gasteiger partial charge in [0.1, 0.15) is 5.75 Å². The zero-order chi connectivity index (χ0) is 13.8. The average molecular weight is 260 g/mol. The molecule has 1 aromatic rings. The van der Waals surface area contributed by atoms with E-state index in [0.717, 1.165) is 0 Å². The highest BCUT2D eigenvalue weighted by Gasteiger charge is 2.48. The lowest BCUT2D eigenvalue weighted by atomic mass is 9.94. The summed E-state index contributed by atoms with van der Waals surface area (Å²) in [4.78, 5) is 11.5. The number of halogens is 2. The number of hydrogen-bond acceptors (Lipinski definition) is 4. The van der Waals surface area contributed by atoms with Crippen LogP contribution < -0.4 is 4.74 Å². The number of rotatable bonds is 5. The van der Waals surface area contributed by atoms with Gasteiger partial charge in [0.15, 0.2) is 0 Å². The molecule has 0 saturated carbocycles. The fourth-order valence-corrected chi connectivity index (χ4v) is 1.42. The molecule has 0 aliphatic rings. The maximum Gasteiger partial charge on any atom is 0.349 e. The van der Waals surface area contributed by atoms with E-state index in [1.165, 1.54) is 38.3 Å². The third-order valence-corrected chi connectivity index (χ3v) is 2.43. The maximum absolute atomic E-state index is 12.9. The molecule has 1 rings (SSSR count). The highest BCUT2D eigenvalue weighted by molar-refractivity contribution is 5.81. The zero-order valence-corrected chi connectivity index (χ0v) is 10.0. The zero-order valence-electron chi connectivity index (χ0n) is 10.0. The number of aliphatic hydroxyl groups is 1. The van der Waals surface area contributed by atoms with Crippen LogP contribution in [0.5, 0.6) is 5.75 Å². The normalized spacial score (nSPS) is 14.1. The first-order valence-electron chi connectivity index (χ1n) is 5.29. The molecule has 0 bridgehead atoms. The van der Waals surface area contributed by atoms with Gasteiger partial charge in [0.2, 0.25) is 5.60 Å². The molecule has 0 aliphatic carbocycles. The van der Waals surface area contributed by atoms with Crippen LogP contribution in [0.3, 0.4) is 0 Å². The largest absolute Gasteiger partial charge is 0.497 e. The van der Waals surface area contributed by atoms with E-state index in [2.05, 4.69) is 4.74 Å². The highest BCUT2D eigenvalue weighted by Crippen LogP contribution is 2.31. The van der Waals surface area contributed by atoms with Crippen molar-refractivity contribution in [3.05, 3.63) is 29.8 Å². The summed E-state index contributed by atoms with van der Waals surface area (Å²) >= 11 is 0. The third-order valence-electron chi connectivity index (χ3n) is 2.43. The summed E-state index contributed by atoms with van der Waals surface area (Å²) in [5.74, 6) is -0.940. The molecule has 0 amide bonds. The van der Waals surface area contributed by atoms with E-state index < -0.39 is 18.0 Å². The van der Waals surface area contributed by atoms with Gasteiger partial charge in [-0.3, -0.25) is 0 Å². The lowest BCUT2D eigenvalue weighted by Crippen LogP contribution is -2.44. The molecule has 0 saturated heterocycles. The van der Waals surface area contributed by atoms with E-state index in [1.807, 2.05) is 0 Å². The predicted molar refractivity (Wildman–Crippen MR) is 59.5 cm³/mol. The minimum absolute atomic E-state index is 0.0932. The molecule has 1 aromatic carbocycles. The molecule has 1 atom stereocenters. The van der Waals surface area contributed by atoms with Gasteiger partial charge in [-0.25, -0.2) is 13.6 Å². The first-order chi connectivity index (χ1) is 8.46. The highest BCUT2D eigenvalue weighted by atomic mass is 19.3. The minimum Gasteiger partial charge on any atom is -0.497 e. The Hall–Kier alpha value is -1.69. The van der Waals surface area contributed by atoms with Crippen molar-refractivity contribution in [3.63, 3.8) is 0 Å². The Bertz CT molecular complexity index is 405. The van der Waals surface area contributed by atoms with Crippen LogP contribution in [0, 0.1) is 0 Å². The first kappa shape index (κ1) is 14.4. The Kier molecular flexibility index (Phi) is 4.61. The Morgan fingerprint density at radius 2 is 1.94 bits per heavy atom. The average Bonchev–Trinajstić information content (AvgIpc) is 2.37. The van der Waals surface area contributed by atoms with Crippen molar-refractivity contribution >= 4 is 5.97 Å². The van der Waals surface area contributed by atoms with Gasteiger partial charge < -0.3 is 14.6 Å². The van der Waals surface area contributed by atoms with Crippen molar-refractivity contribution < 1.29 is 28.2 Å². The van der Waals surface area contributed by atoms with E-state index in [1.54, 1.807) is 0 Å². The smallest absolute Gasteiger partial charge is 0.349 e. The number of methoxy groups -OCH3 is 1. The van der Waals surface area contributed by atoms with Gasteiger partial charge >= 0.3 is 5.97 Å². The molecular weight excluding hydrogens is 246 g/mol. The number of carbonyl (C=O) groups excluding carboxylic acids is 1. The standard InChI is InChI=1S/C12H14F2O4/c1-3-18-11(15)12(16,10(13)14)8-4-6-9(17-2)7-5-8/h4-7,10,16H,3H2,1-2H3. The summed E-state index contributed by atoms with van der Waals surface area (Å²) in [6.07, 6.45) is -3.29. The second-order valence-electron chi connectivity index (χ2n) is 3.52. The first-order valence-corrected chi connectivity index (χ1v) is 5.29. The fraction of sp³-hybridized carbons (Fsp3) is 0.417. The summed E-state index contributed by atoms with van der Waals surface area (Å²) in [6, 6.07) is 5.15. The van der Waals surface area contributed by atoms with Crippen molar-refractivity contribution in [2.45, 2.75) is 19.0 Å². The Morgan fingerprint density at radius 1 is 1.39 bits per heavy atom. The quantitative estimate of drug-likeness (QED) is 0.819. The molecule has 0 fully saturated rings. The minimum atomic E-state index is -3.29.